The van der Waals surface area contributed by atoms with E-state index in [4.69, 9.17) is 4.74 Å². The van der Waals surface area contributed by atoms with Gasteiger partial charge >= 0.3 is 0 Å². The Labute approximate surface area is 74.2 Å². The van der Waals surface area contributed by atoms with Crippen LogP contribution in [-0.2, 0) is 4.74 Å². The summed E-state index contributed by atoms with van der Waals surface area (Å²) in [4.78, 5) is 0. The molecule has 0 heterocycles. The molecule has 2 heteroatoms. The highest BCUT2D eigenvalue weighted by atomic mass is 16.5. The average molecular weight is 170 g/mol. The molecule has 2 unspecified atom stereocenters. The van der Waals surface area contributed by atoms with E-state index in [1.807, 2.05) is 6.08 Å². The summed E-state index contributed by atoms with van der Waals surface area (Å²) in [5, 5.41) is 9.52. The predicted molar refractivity (Wildman–Crippen MR) is 49.0 cm³/mol. The van der Waals surface area contributed by atoms with E-state index in [0.29, 0.717) is 6.61 Å². The van der Waals surface area contributed by atoms with Crippen LogP contribution in [-0.4, -0.2) is 23.9 Å². The number of ether oxygens (including phenoxy) is 1. The molecule has 0 aromatic carbocycles. The van der Waals surface area contributed by atoms with Gasteiger partial charge in [0.25, 0.3) is 0 Å². The fraction of sp³-hybridized carbons (Fsp3) is 0.800. The maximum absolute atomic E-state index is 9.52. The highest BCUT2D eigenvalue weighted by Gasteiger charge is 2.22. The summed E-state index contributed by atoms with van der Waals surface area (Å²) in [7, 11) is 0. The lowest BCUT2D eigenvalue weighted by molar-refractivity contribution is -0.0570. The van der Waals surface area contributed by atoms with Gasteiger partial charge in [-0.1, -0.05) is 18.9 Å². The van der Waals surface area contributed by atoms with Crippen LogP contribution in [0, 0.1) is 0 Å². The summed E-state index contributed by atoms with van der Waals surface area (Å²) in [6, 6.07) is 0. The number of aliphatic hydroxyl groups is 1. The molecule has 0 spiro atoms. The van der Waals surface area contributed by atoms with E-state index in [0.717, 1.165) is 25.7 Å². The highest BCUT2D eigenvalue weighted by Crippen LogP contribution is 2.20. The third-order valence-electron chi connectivity index (χ3n) is 2.32. The average Bonchev–Trinajstić information content (AvgIpc) is 2.09. The minimum Gasteiger partial charge on any atom is -0.390 e. The second-order valence-corrected chi connectivity index (χ2v) is 3.34. The molecule has 0 radical (unpaired) electrons. The Kier molecular flexibility index (Phi) is 4.33. The molecule has 2 nitrogen and oxygen atoms in total. The van der Waals surface area contributed by atoms with Crippen molar-refractivity contribution in [2.45, 2.75) is 44.3 Å². The van der Waals surface area contributed by atoms with Crippen molar-refractivity contribution in [3.63, 3.8) is 0 Å². The van der Waals surface area contributed by atoms with Crippen LogP contribution in [0.5, 0.6) is 0 Å². The van der Waals surface area contributed by atoms with Crippen molar-refractivity contribution in [2.24, 2.45) is 0 Å². The zero-order chi connectivity index (χ0) is 8.81. The number of rotatable bonds is 4. The molecule has 0 aromatic rings. The topological polar surface area (TPSA) is 29.5 Å². The Balaban J connectivity index is 2.15. The summed E-state index contributed by atoms with van der Waals surface area (Å²) < 4.78 is 5.51. The second kappa shape index (κ2) is 5.33. The summed E-state index contributed by atoms with van der Waals surface area (Å²) >= 11 is 0. The van der Waals surface area contributed by atoms with Crippen LogP contribution in [0.15, 0.2) is 12.7 Å². The Morgan fingerprint density at radius 1 is 1.42 bits per heavy atom. The molecule has 1 fully saturated rings. The van der Waals surface area contributed by atoms with Crippen LogP contribution in [0.2, 0.25) is 0 Å². The second-order valence-electron chi connectivity index (χ2n) is 3.34. The number of hydrogen-bond donors (Lipinski definition) is 1. The quantitative estimate of drug-likeness (QED) is 0.515. The molecule has 0 aliphatic heterocycles. The van der Waals surface area contributed by atoms with Crippen molar-refractivity contribution < 1.29 is 9.84 Å². The molecule has 0 bridgehead atoms. The lowest BCUT2D eigenvalue weighted by Crippen LogP contribution is -2.32. The van der Waals surface area contributed by atoms with Gasteiger partial charge in [0, 0.05) is 0 Å². The fourth-order valence-electron chi connectivity index (χ4n) is 1.57. The Morgan fingerprint density at radius 3 is 2.83 bits per heavy atom. The third kappa shape index (κ3) is 2.95. The van der Waals surface area contributed by atoms with Gasteiger partial charge in [0.15, 0.2) is 0 Å². The maximum Gasteiger partial charge on any atom is 0.0834 e. The van der Waals surface area contributed by atoms with Gasteiger partial charge in [0.05, 0.1) is 18.8 Å². The molecule has 0 saturated heterocycles. The zero-order valence-corrected chi connectivity index (χ0v) is 7.54. The van der Waals surface area contributed by atoms with Crippen molar-refractivity contribution in [2.75, 3.05) is 6.61 Å². The number of aliphatic hydroxyl groups excluding tert-OH is 1. The Bertz CT molecular complexity index is 134. The standard InChI is InChI=1S/C10H18O2/c1-2-3-8-12-10-7-5-4-6-9(10)11/h2,9-11H,1,3-8H2. The highest BCUT2D eigenvalue weighted by molar-refractivity contribution is 4.75. The van der Waals surface area contributed by atoms with E-state index >= 15 is 0 Å². The van der Waals surface area contributed by atoms with E-state index in [1.165, 1.54) is 6.42 Å². The molecule has 1 saturated carbocycles. The lowest BCUT2D eigenvalue weighted by atomic mass is 9.95. The van der Waals surface area contributed by atoms with Crippen molar-refractivity contribution in [3.05, 3.63) is 12.7 Å². The minimum atomic E-state index is -0.233. The van der Waals surface area contributed by atoms with Gasteiger partial charge < -0.3 is 9.84 Å². The smallest absolute Gasteiger partial charge is 0.0834 e. The van der Waals surface area contributed by atoms with Crippen LogP contribution in [0.1, 0.15) is 32.1 Å². The van der Waals surface area contributed by atoms with E-state index < -0.39 is 0 Å². The van der Waals surface area contributed by atoms with E-state index in [-0.39, 0.29) is 12.2 Å². The molecule has 0 aromatic heterocycles. The first-order valence-electron chi connectivity index (χ1n) is 4.75. The molecular weight excluding hydrogens is 152 g/mol. The van der Waals surface area contributed by atoms with E-state index in [9.17, 15) is 5.11 Å². The van der Waals surface area contributed by atoms with E-state index in [2.05, 4.69) is 6.58 Å². The van der Waals surface area contributed by atoms with E-state index in [1.54, 1.807) is 0 Å². The summed E-state index contributed by atoms with van der Waals surface area (Å²) in [5.74, 6) is 0. The van der Waals surface area contributed by atoms with Gasteiger partial charge in [0.1, 0.15) is 0 Å². The molecular formula is C10H18O2. The molecule has 1 aliphatic rings. The van der Waals surface area contributed by atoms with Gasteiger partial charge in [0.2, 0.25) is 0 Å². The first-order valence-corrected chi connectivity index (χ1v) is 4.75. The van der Waals surface area contributed by atoms with Crippen molar-refractivity contribution in [1.82, 2.24) is 0 Å². The molecule has 2 atom stereocenters. The van der Waals surface area contributed by atoms with Crippen LogP contribution in [0.3, 0.4) is 0 Å². The van der Waals surface area contributed by atoms with Crippen LogP contribution < -0.4 is 0 Å². The van der Waals surface area contributed by atoms with Crippen molar-refractivity contribution in [3.8, 4) is 0 Å². The van der Waals surface area contributed by atoms with Gasteiger partial charge in [-0.25, -0.2) is 0 Å². The molecule has 70 valence electrons. The maximum atomic E-state index is 9.52. The first-order chi connectivity index (χ1) is 5.84. The third-order valence-corrected chi connectivity index (χ3v) is 2.32. The van der Waals surface area contributed by atoms with Gasteiger partial charge in [-0.05, 0) is 19.3 Å². The lowest BCUT2D eigenvalue weighted by Gasteiger charge is -2.27. The zero-order valence-electron chi connectivity index (χ0n) is 7.54. The first kappa shape index (κ1) is 9.75. The van der Waals surface area contributed by atoms with Crippen molar-refractivity contribution in [1.29, 1.82) is 0 Å². The number of hydrogen-bond acceptors (Lipinski definition) is 2. The van der Waals surface area contributed by atoms with Crippen LogP contribution >= 0.6 is 0 Å². The molecule has 12 heavy (non-hydrogen) atoms. The SMILES string of the molecule is C=CCCOC1CCCCC1O. The molecule has 1 aliphatic carbocycles. The minimum absolute atomic E-state index is 0.0821. The van der Waals surface area contributed by atoms with Gasteiger partial charge in [-0.2, -0.15) is 0 Å². The van der Waals surface area contributed by atoms with Crippen molar-refractivity contribution >= 4 is 0 Å². The summed E-state index contributed by atoms with van der Waals surface area (Å²) in [6.45, 7) is 4.32. The normalized spacial score (nSPS) is 30.1. The molecule has 0 amide bonds. The monoisotopic (exact) mass is 170 g/mol. The van der Waals surface area contributed by atoms with Crippen LogP contribution in [0.25, 0.3) is 0 Å². The predicted octanol–water partition coefficient (Wildman–Crippen LogP) is 1.88. The van der Waals surface area contributed by atoms with Crippen LogP contribution in [0.4, 0.5) is 0 Å². The largest absolute Gasteiger partial charge is 0.390 e. The summed E-state index contributed by atoms with van der Waals surface area (Å²) in [5.41, 5.74) is 0. The summed E-state index contributed by atoms with van der Waals surface area (Å²) in [6.07, 6.45) is 6.82. The Morgan fingerprint density at radius 2 is 2.17 bits per heavy atom. The fourth-order valence-corrected chi connectivity index (χ4v) is 1.57. The molecule has 1 rings (SSSR count). The molecule has 1 N–H and O–H groups in total. The Hall–Kier alpha value is -0.340. The van der Waals surface area contributed by atoms with Gasteiger partial charge in [-0.3, -0.25) is 0 Å². The van der Waals surface area contributed by atoms with Gasteiger partial charge in [-0.15, -0.1) is 6.58 Å².